The van der Waals surface area contributed by atoms with Gasteiger partial charge in [0.15, 0.2) is 0 Å². The second-order valence-electron chi connectivity index (χ2n) is 3.96. The molecule has 0 aliphatic carbocycles. The van der Waals surface area contributed by atoms with E-state index >= 15 is 0 Å². The number of nitrogens with zero attached hydrogens (tertiary/aromatic N) is 1. The van der Waals surface area contributed by atoms with Crippen LogP contribution in [-0.4, -0.2) is 43.9 Å². The van der Waals surface area contributed by atoms with Crippen molar-refractivity contribution in [2.75, 3.05) is 27.2 Å². The number of thiophene rings is 1. The van der Waals surface area contributed by atoms with Crippen molar-refractivity contribution in [3.8, 4) is 0 Å². The topological polar surface area (TPSA) is 61.4 Å². The molecule has 0 aliphatic rings. The van der Waals surface area contributed by atoms with E-state index in [9.17, 15) is 9.59 Å². The summed E-state index contributed by atoms with van der Waals surface area (Å²) >= 11 is 1.60. The van der Waals surface area contributed by atoms with Crippen LogP contribution in [0.5, 0.6) is 0 Å². The fourth-order valence-electron chi connectivity index (χ4n) is 1.38. The van der Waals surface area contributed by atoms with Gasteiger partial charge in [-0.15, -0.1) is 23.7 Å². The van der Waals surface area contributed by atoms with Crippen LogP contribution in [0.3, 0.4) is 0 Å². The number of nitrogens with one attached hydrogen (secondary N) is 2. The highest BCUT2D eigenvalue weighted by molar-refractivity contribution is 7.09. The summed E-state index contributed by atoms with van der Waals surface area (Å²) in [7, 11) is 3.43. The van der Waals surface area contributed by atoms with Gasteiger partial charge in [0.25, 0.3) is 0 Å². The zero-order chi connectivity index (χ0) is 13.4. The standard InChI is InChI=1S/C12H19N3O2S.ClH/c1-13-6-5-12(17)15(2)9-11(16)14-8-10-4-3-7-18-10;/h3-4,7,13H,5-6,8-9H2,1-2H3,(H,14,16);1H. The van der Waals surface area contributed by atoms with E-state index in [1.165, 1.54) is 4.90 Å². The minimum Gasteiger partial charge on any atom is -0.350 e. The molecule has 1 rings (SSSR count). The van der Waals surface area contributed by atoms with Gasteiger partial charge < -0.3 is 15.5 Å². The van der Waals surface area contributed by atoms with Crippen LogP contribution < -0.4 is 10.6 Å². The van der Waals surface area contributed by atoms with Gasteiger partial charge in [-0.1, -0.05) is 6.07 Å². The summed E-state index contributed by atoms with van der Waals surface area (Å²) in [5.41, 5.74) is 0. The van der Waals surface area contributed by atoms with Gasteiger partial charge in [-0.05, 0) is 18.5 Å². The first-order chi connectivity index (χ1) is 8.63. The van der Waals surface area contributed by atoms with Gasteiger partial charge in [-0.2, -0.15) is 0 Å². The Labute approximate surface area is 123 Å². The van der Waals surface area contributed by atoms with Crippen molar-refractivity contribution in [1.82, 2.24) is 15.5 Å². The molecule has 0 bridgehead atoms. The summed E-state index contributed by atoms with van der Waals surface area (Å²) in [6, 6.07) is 3.91. The van der Waals surface area contributed by atoms with E-state index in [1.807, 2.05) is 17.5 Å². The monoisotopic (exact) mass is 305 g/mol. The number of hydrogen-bond donors (Lipinski definition) is 2. The number of carbonyl (C=O) groups excluding carboxylic acids is 2. The lowest BCUT2D eigenvalue weighted by Crippen LogP contribution is -2.38. The van der Waals surface area contributed by atoms with Crippen LogP contribution in [0.25, 0.3) is 0 Å². The molecule has 0 atom stereocenters. The molecule has 1 aromatic rings. The van der Waals surface area contributed by atoms with Crippen molar-refractivity contribution >= 4 is 35.6 Å². The molecule has 0 radical (unpaired) electrons. The third-order valence-corrected chi connectivity index (χ3v) is 3.31. The number of rotatable bonds is 7. The van der Waals surface area contributed by atoms with E-state index in [-0.39, 0.29) is 30.8 Å². The first-order valence-electron chi connectivity index (χ1n) is 5.81. The summed E-state index contributed by atoms with van der Waals surface area (Å²) < 4.78 is 0. The van der Waals surface area contributed by atoms with E-state index in [1.54, 1.807) is 25.4 Å². The molecule has 108 valence electrons. The summed E-state index contributed by atoms with van der Waals surface area (Å²) in [5, 5.41) is 7.66. The molecular formula is C12H20ClN3O2S. The fraction of sp³-hybridized carbons (Fsp3) is 0.500. The summed E-state index contributed by atoms with van der Waals surface area (Å²) in [5.74, 6) is -0.167. The molecule has 1 aromatic heterocycles. The maximum atomic E-state index is 11.6. The Balaban J connectivity index is 0.00000324. The molecule has 7 heteroatoms. The molecule has 0 spiro atoms. The smallest absolute Gasteiger partial charge is 0.239 e. The molecule has 19 heavy (non-hydrogen) atoms. The second-order valence-corrected chi connectivity index (χ2v) is 4.99. The number of amides is 2. The largest absolute Gasteiger partial charge is 0.350 e. The Hall–Kier alpha value is -1.11. The maximum absolute atomic E-state index is 11.6. The van der Waals surface area contributed by atoms with Crippen molar-refractivity contribution in [1.29, 1.82) is 0 Å². The zero-order valence-corrected chi connectivity index (χ0v) is 12.8. The van der Waals surface area contributed by atoms with Gasteiger partial charge in [0.1, 0.15) is 0 Å². The third kappa shape index (κ3) is 7.15. The first-order valence-corrected chi connectivity index (χ1v) is 6.69. The Bertz CT molecular complexity index is 384. The maximum Gasteiger partial charge on any atom is 0.239 e. The number of likely N-dealkylation sites (N-methyl/N-ethyl adjacent to an activating group) is 1. The van der Waals surface area contributed by atoms with E-state index in [0.29, 0.717) is 19.5 Å². The molecule has 0 saturated heterocycles. The lowest BCUT2D eigenvalue weighted by atomic mass is 10.3. The predicted molar refractivity (Wildman–Crippen MR) is 79.6 cm³/mol. The van der Waals surface area contributed by atoms with Crippen LogP contribution in [0.4, 0.5) is 0 Å². The lowest BCUT2D eigenvalue weighted by molar-refractivity contribution is -0.134. The van der Waals surface area contributed by atoms with Crippen molar-refractivity contribution in [2.45, 2.75) is 13.0 Å². The lowest BCUT2D eigenvalue weighted by Gasteiger charge is -2.16. The van der Waals surface area contributed by atoms with Crippen molar-refractivity contribution in [2.24, 2.45) is 0 Å². The summed E-state index contributed by atoms with van der Waals surface area (Å²) in [6.45, 7) is 1.25. The van der Waals surface area contributed by atoms with Gasteiger partial charge in [-0.25, -0.2) is 0 Å². The molecule has 0 unspecified atom stereocenters. The Morgan fingerprint density at radius 3 is 2.74 bits per heavy atom. The molecule has 2 amide bonds. The molecule has 0 aromatic carbocycles. The Morgan fingerprint density at radius 1 is 1.42 bits per heavy atom. The van der Waals surface area contributed by atoms with Gasteiger partial charge in [0.2, 0.25) is 11.8 Å². The number of halogens is 1. The van der Waals surface area contributed by atoms with Crippen LogP contribution in [-0.2, 0) is 16.1 Å². The molecule has 1 heterocycles. The van der Waals surface area contributed by atoms with Crippen LogP contribution >= 0.6 is 23.7 Å². The fourth-order valence-corrected chi connectivity index (χ4v) is 2.03. The number of carbonyl (C=O) groups is 2. The minimum atomic E-state index is -0.135. The predicted octanol–water partition coefficient (Wildman–Crippen LogP) is 0.854. The quantitative estimate of drug-likeness (QED) is 0.785. The van der Waals surface area contributed by atoms with Gasteiger partial charge >= 0.3 is 0 Å². The molecule has 0 fully saturated rings. The van der Waals surface area contributed by atoms with Crippen molar-refractivity contribution in [3.05, 3.63) is 22.4 Å². The average molecular weight is 306 g/mol. The van der Waals surface area contributed by atoms with E-state index < -0.39 is 0 Å². The van der Waals surface area contributed by atoms with Crippen LogP contribution in [0.15, 0.2) is 17.5 Å². The Kier molecular flexibility index (Phi) is 9.20. The number of hydrogen-bond acceptors (Lipinski definition) is 4. The van der Waals surface area contributed by atoms with Crippen molar-refractivity contribution < 1.29 is 9.59 Å². The molecule has 0 aliphatic heterocycles. The van der Waals surface area contributed by atoms with E-state index in [2.05, 4.69) is 10.6 Å². The van der Waals surface area contributed by atoms with Crippen molar-refractivity contribution in [3.63, 3.8) is 0 Å². The third-order valence-electron chi connectivity index (χ3n) is 2.44. The molecular weight excluding hydrogens is 286 g/mol. The zero-order valence-electron chi connectivity index (χ0n) is 11.1. The molecule has 0 saturated carbocycles. The van der Waals surface area contributed by atoms with Gasteiger partial charge in [0.05, 0.1) is 13.1 Å². The first kappa shape index (κ1) is 17.9. The average Bonchev–Trinajstić information content (AvgIpc) is 2.86. The second kappa shape index (κ2) is 9.77. The Morgan fingerprint density at radius 2 is 2.16 bits per heavy atom. The highest BCUT2D eigenvalue weighted by Crippen LogP contribution is 2.07. The van der Waals surface area contributed by atoms with Crippen LogP contribution in [0, 0.1) is 0 Å². The molecule has 2 N–H and O–H groups in total. The van der Waals surface area contributed by atoms with Crippen LogP contribution in [0.2, 0.25) is 0 Å². The van der Waals surface area contributed by atoms with E-state index in [4.69, 9.17) is 0 Å². The summed E-state index contributed by atoms with van der Waals surface area (Å²) in [6.07, 6.45) is 0.408. The SMILES string of the molecule is CNCCC(=O)N(C)CC(=O)NCc1cccs1.Cl. The summed E-state index contributed by atoms with van der Waals surface area (Å²) in [4.78, 5) is 25.7. The van der Waals surface area contributed by atoms with Gasteiger partial charge in [0, 0.05) is 24.9 Å². The van der Waals surface area contributed by atoms with Crippen LogP contribution in [0.1, 0.15) is 11.3 Å². The van der Waals surface area contributed by atoms with Gasteiger partial charge in [-0.3, -0.25) is 9.59 Å². The molecule has 5 nitrogen and oxygen atoms in total. The normalized spacial score (nSPS) is 9.58. The van der Waals surface area contributed by atoms with E-state index in [0.717, 1.165) is 4.88 Å². The minimum absolute atomic E-state index is 0. The highest BCUT2D eigenvalue weighted by atomic mass is 35.5. The highest BCUT2D eigenvalue weighted by Gasteiger charge is 2.11.